The van der Waals surface area contributed by atoms with Crippen molar-refractivity contribution in [1.29, 1.82) is 0 Å². The van der Waals surface area contributed by atoms with E-state index in [4.69, 9.17) is 4.52 Å². The predicted molar refractivity (Wildman–Crippen MR) is 83.1 cm³/mol. The van der Waals surface area contributed by atoms with Crippen LogP contribution in [0.3, 0.4) is 0 Å². The van der Waals surface area contributed by atoms with Crippen molar-refractivity contribution in [2.45, 2.75) is 27.7 Å². The number of aryl methyl sites for hydroxylation is 2. The molecule has 0 saturated carbocycles. The number of H-pyrrole nitrogens is 2. The number of rotatable bonds is 3. The van der Waals surface area contributed by atoms with E-state index in [1.165, 1.54) is 0 Å². The van der Waals surface area contributed by atoms with Gasteiger partial charge >= 0.3 is 5.69 Å². The summed E-state index contributed by atoms with van der Waals surface area (Å²) in [6, 6.07) is 3.62. The zero-order valence-corrected chi connectivity index (χ0v) is 12.9. The van der Waals surface area contributed by atoms with Crippen molar-refractivity contribution in [3.8, 4) is 11.1 Å². The summed E-state index contributed by atoms with van der Waals surface area (Å²) in [7, 11) is 0. The van der Waals surface area contributed by atoms with Crippen LogP contribution >= 0.6 is 0 Å². The molecule has 3 rings (SSSR count). The molecular weight excluding hydrogens is 282 g/mol. The highest BCUT2D eigenvalue weighted by atomic mass is 16.5. The molecule has 2 aromatic heterocycles. The van der Waals surface area contributed by atoms with Crippen LogP contribution in [0, 0.1) is 19.8 Å². The van der Waals surface area contributed by atoms with Crippen LogP contribution in [-0.2, 0) is 0 Å². The van der Waals surface area contributed by atoms with Crippen molar-refractivity contribution in [2.24, 2.45) is 5.92 Å². The molecule has 0 aliphatic heterocycles. The fourth-order valence-electron chi connectivity index (χ4n) is 2.69. The molecule has 0 fully saturated rings. The van der Waals surface area contributed by atoms with E-state index in [1.54, 1.807) is 6.07 Å². The van der Waals surface area contributed by atoms with Crippen LogP contribution in [0.4, 0.5) is 0 Å². The maximum absolute atomic E-state index is 12.5. The topological polar surface area (TPSA) is 91.8 Å². The van der Waals surface area contributed by atoms with E-state index < -0.39 is 0 Å². The number of benzene rings is 1. The van der Waals surface area contributed by atoms with Crippen LogP contribution in [0.25, 0.3) is 22.2 Å². The first-order valence-electron chi connectivity index (χ1n) is 7.12. The van der Waals surface area contributed by atoms with Gasteiger partial charge in [-0.2, -0.15) is 0 Å². The molecule has 0 spiro atoms. The lowest BCUT2D eigenvalue weighted by Gasteiger charge is -2.08. The van der Waals surface area contributed by atoms with Gasteiger partial charge in [-0.3, -0.25) is 4.79 Å². The van der Waals surface area contributed by atoms with Crippen LogP contribution in [0.15, 0.2) is 21.5 Å². The zero-order valence-electron chi connectivity index (χ0n) is 12.9. The Hall–Kier alpha value is -2.63. The average molecular weight is 299 g/mol. The number of nitrogens with zero attached hydrogens (tertiary/aromatic N) is 1. The minimum atomic E-state index is -0.330. The molecule has 114 valence electrons. The van der Waals surface area contributed by atoms with Gasteiger partial charge in [-0.25, -0.2) is 4.79 Å². The molecule has 3 aromatic rings. The van der Waals surface area contributed by atoms with Crippen LogP contribution in [0.1, 0.15) is 35.7 Å². The standard InChI is InChI=1S/C16H17N3O3/c1-7(2)15(20)11-5-10(13-8(3)19-22-9(13)4)6-12-14(11)18-16(21)17-12/h5-7H,1-4H3,(H2,17,18,21). The van der Waals surface area contributed by atoms with E-state index in [1.807, 2.05) is 33.8 Å². The van der Waals surface area contributed by atoms with E-state index in [-0.39, 0.29) is 17.4 Å². The summed E-state index contributed by atoms with van der Waals surface area (Å²) in [5.41, 5.74) is 3.72. The van der Waals surface area contributed by atoms with Gasteiger partial charge in [-0.15, -0.1) is 0 Å². The fourth-order valence-corrected chi connectivity index (χ4v) is 2.69. The van der Waals surface area contributed by atoms with Gasteiger partial charge in [0.1, 0.15) is 5.76 Å². The molecule has 0 unspecified atom stereocenters. The molecule has 0 bridgehead atoms. The molecular formula is C16H17N3O3. The van der Waals surface area contributed by atoms with Gasteiger partial charge in [0.05, 0.1) is 16.7 Å². The first-order valence-corrected chi connectivity index (χ1v) is 7.12. The van der Waals surface area contributed by atoms with Gasteiger partial charge in [-0.1, -0.05) is 19.0 Å². The highest BCUT2D eigenvalue weighted by molar-refractivity contribution is 6.08. The first kappa shape index (κ1) is 14.3. The van der Waals surface area contributed by atoms with E-state index in [0.29, 0.717) is 22.4 Å². The van der Waals surface area contributed by atoms with Gasteiger partial charge in [0.2, 0.25) is 0 Å². The quantitative estimate of drug-likeness (QED) is 0.727. The highest BCUT2D eigenvalue weighted by Crippen LogP contribution is 2.31. The molecule has 0 aliphatic carbocycles. The summed E-state index contributed by atoms with van der Waals surface area (Å²) in [5, 5.41) is 3.95. The summed E-state index contributed by atoms with van der Waals surface area (Å²) < 4.78 is 5.20. The number of carbonyl (C=O) groups excluding carboxylic acids is 1. The number of hydrogen-bond donors (Lipinski definition) is 2. The second-order valence-corrected chi connectivity index (χ2v) is 5.74. The van der Waals surface area contributed by atoms with Gasteiger partial charge in [-0.05, 0) is 31.5 Å². The van der Waals surface area contributed by atoms with E-state index in [2.05, 4.69) is 15.1 Å². The van der Waals surface area contributed by atoms with Crippen LogP contribution in [-0.4, -0.2) is 20.9 Å². The van der Waals surface area contributed by atoms with Crippen LogP contribution in [0.5, 0.6) is 0 Å². The monoisotopic (exact) mass is 299 g/mol. The third kappa shape index (κ3) is 2.16. The number of carbonyl (C=O) groups is 1. The van der Waals surface area contributed by atoms with E-state index in [9.17, 15) is 9.59 Å². The Morgan fingerprint density at radius 3 is 2.55 bits per heavy atom. The number of aromatic amines is 2. The highest BCUT2D eigenvalue weighted by Gasteiger charge is 2.20. The molecule has 22 heavy (non-hydrogen) atoms. The molecule has 0 atom stereocenters. The van der Waals surface area contributed by atoms with Crippen molar-refractivity contribution < 1.29 is 9.32 Å². The Bertz CT molecular complexity index is 908. The maximum Gasteiger partial charge on any atom is 0.323 e. The maximum atomic E-state index is 12.5. The fraction of sp³-hybridized carbons (Fsp3) is 0.312. The normalized spacial score (nSPS) is 11.5. The summed E-state index contributed by atoms with van der Waals surface area (Å²) in [5.74, 6) is 0.494. The van der Waals surface area contributed by atoms with Crippen molar-refractivity contribution in [2.75, 3.05) is 0 Å². The molecule has 1 aromatic carbocycles. The van der Waals surface area contributed by atoms with E-state index in [0.717, 1.165) is 16.8 Å². The minimum Gasteiger partial charge on any atom is -0.361 e. The summed E-state index contributed by atoms with van der Waals surface area (Å²) in [6.45, 7) is 7.34. The molecule has 2 heterocycles. The zero-order chi connectivity index (χ0) is 16.0. The Kier molecular flexibility index (Phi) is 3.24. The summed E-state index contributed by atoms with van der Waals surface area (Å²) in [6.07, 6.45) is 0. The number of aromatic nitrogens is 3. The molecule has 0 saturated heterocycles. The lowest BCUT2D eigenvalue weighted by atomic mass is 9.95. The third-order valence-corrected chi connectivity index (χ3v) is 3.74. The van der Waals surface area contributed by atoms with Gasteiger partial charge in [0.15, 0.2) is 5.78 Å². The molecule has 0 radical (unpaired) electrons. The number of nitrogens with one attached hydrogen (secondary N) is 2. The number of fused-ring (bicyclic) bond motifs is 1. The second kappa shape index (κ2) is 4.98. The number of Topliss-reactive ketones (excluding diaryl/α,β-unsaturated/α-hetero) is 1. The SMILES string of the molecule is Cc1noc(C)c1-c1cc(C(=O)C(C)C)c2[nH]c(=O)[nH]c2c1. The molecule has 0 aliphatic rings. The van der Waals surface area contributed by atoms with Crippen molar-refractivity contribution >= 4 is 16.8 Å². The Labute approximate surface area is 126 Å². The van der Waals surface area contributed by atoms with Crippen molar-refractivity contribution in [1.82, 2.24) is 15.1 Å². The number of imidazole rings is 1. The Morgan fingerprint density at radius 2 is 1.95 bits per heavy atom. The molecule has 6 nitrogen and oxygen atoms in total. The van der Waals surface area contributed by atoms with Crippen molar-refractivity contribution in [3.63, 3.8) is 0 Å². The smallest absolute Gasteiger partial charge is 0.323 e. The Balaban J connectivity index is 2.34. The molecule has 6 heteroatoms. The van der Waals surface area contributed by atoms with E-state index >= 15 is 0 Å². The van der Waals surface area contributed by atoms with Crippen LogP contribution < -0.4 is 5.69 Å². The minimum absolute atomic E-state index is 0.0196. The average Bonchev–Trinajstić information content (AvgIpc) is 2.98. The van der Waals surface area contributed by atoms with Gasteiger partial charge in [0, 0.05) is 17.0 Å². The molecule has 2 N–H and O–H groups in total. The first-order chi connectivity index (χ1) is 10.4. The lowest BCUT2D eigenvalue weighted by Crippen LogP contribution is -2.09. The van der Waals surface area contributed by atoms with Gasteiger partial charge in [0.25, 0.3) is 0 Å². The summed E-state index contributed by atoms with van der Waals surface area (Å²) in [4.78, 5) is 29.5. The Morgan fingerprint density at radius 1 is 1.23 bits per heavy atom. The number of ketones is 1. The number of hydrogen-bond acceptors (Lipinski definition) is 4. The van der Waals surface area contributed by atoms with Crippen LogP contribution in [0.2, 0.25) is 0 Å². The summed E-state index contributed by atoms with van der Waals surface area (Å²) >= 11 is 0. The third-order valence-electron chi connectivity index (χ3n) is 3.74. The molecule has 0 amide bonds. The van der Waals surface area contributed by atoms with Gasteiger partial charge < -0.3 is 14.5 Å². The van der Waals surface area contributed by atoms with Crippen molar-refractivity contribution in [3.05, 3.63) is 39.6 Å². The predicted octanol–water partition coefficient (Wildman–Crippen LogP) is 2.97. The largest absolute Gasteiger partial charge is 0.361 e. The second-order valence-electron chi connectivity index (χ2n) is 5.74. The lowest BCUT2D eigenvalue weighted by molar-refractivity contribution is 0.0941.